The normalized spacial score (nSPS) is 34.5. The van der Waals surface area contributed by atoms with Crippen LogP contribution in [-0.2, 0) is 4.79 Å². The quantitative estimate of drug-likeness (QED) is 0.832. The molecule has 4 heteroatoms. The summed E-state index contributed by atoms with van der Waals surface area (Å²) < 4.78 is 0. The molecule has 2 aliphatic rings. The van der Waals surface area contributed by atoms with Crippen molar-refractivity contribution < 1.29 is 9.90 Å². The van der Waals surface area contributed by atoms with Gasteiger partial charge in [0.2, 0.25) is 0 Å². The molecule has 20 heavy (non-hydrogen) atoms. The second-order valence-corrected chi connectivity index (χ2v) is 7.82. The van der Waals surface area contributed by atoms with Gasteiger partial charge in [-0.15, -0.1) is 0 Å². The molecular formula is C16H30N2O2. The lowest BCUT2D eigenvalue weighted by Crippen LogP contribution is -2.60. The van der Waals surface area contributed by atoms with E-state index in [4.69, 9.17) is 0 Å². The second-order valence-electron chi connectivity index (χ2n) is 7.82. The van der Waals surface area contributed by atoms with Gasteiger partial charge in [0.05, 0.1) is 0 Å². The standard InChI is InChI=1S/C16H30N2O2/c1-12(2)17-16(14(19)20)7-5-6-13(10-16)18-9-8-15(3,4)11-18/h12-13,17H,5-11H2,1-4H3,(H,19,20). The molecule has 116 valence electrons. The van der Waals surface area contributed by atoms with Crippen LogP contribution in [0.4, 0.5) is 0 Å². The van der Waals surface area contributed by atoms with Gasteiger partial charge in [-0.2, -0.15) is 0 Å². The third-order valence-electron chi connectivity index (χ3n) is 4.92. The minimum atomic E-state index is -0.718. The van der Waals surface area contributed by atoms with Crippen LogP contribution < -0.4 is 5.32 Å². The molecule has 0 spiro atoms. The Morgan fingerprint density at radius 3 is 2.55 bits per heavy atom. The molecule has 1 aliphatic carbocycles. The minimum absolute atomic E-state index is 0.208. The van der Waals surface area contributed by atoms with Crippen molar-refractivity contribution in [3.8, 4) is 0 Å². The summed E-state index contributed by atoms with van der Waals surface area (Å²) in [5.74, 6) is -0.672. The Balaban J connectivity index is 2.08. The number of hydrogen-bond donors (Lipinski definition) is 2. The van der Waals surface area contributed by atoms with Crippen LogP contribution in [0.15, 0.2) is 0 Å². The summed E-state index contributed by atoms with van der Waals surface area (Å²) in [6.45, 7) is 10.9. The number of carboxylic acid groups (broad SMARTS) is 1. The first-order chi connectivity index (χ1) is 9.24. The van der Waals surface area contributed by atoms with E-state index in [0.29, 0.717) is 11.5 Å². The fourth-order valence-electron chi connectivity index (χ4n) is 3.96. The smallest absolute Gasteiger partial charge is 0.323 e. The van der Waals surface area contributed by atoms with E-state index in [2.05, 4.69) is 24.1 Å². The summed E-state index contributed by atoms with van der Waals surface area (Å²) in [6, 6.07) is 0.632. The molecule has 0 radical (unpaired) electrons. The van der Waals surface area contributed by atoms with Gasteiger partial charge in [-0.3, -0.25) is 15.0 Å². The maximum Gasteiger partial charge on any atom is 0.323 e. The van der Waals surface area contributed by atoms with E-state index in [0.717, 1.165) is 38.8 Å². The largest absolute Gasteiger partial charge is 0.480 e. The Morgan fingerprint density at radius 2 is 2.05 bits per heavy atom. The summed E-state index contributed by atoms with van der Waals surface area (Å²) >= 11 is 0. The lowest BCUT2D eigenvalue weighted by atomic mass is 9.78. The fraction of sp³-hybridized carbons (Fsp3) is 0.938. The van der Waals surface area contributed by atoms with Gasteiger partial charge in [-0.1, -0.05) is 13.8 Å². The third kappa shape index (κ3) is 3.34. The SMILES string of the molecule is CC(C)NC1(C(=O)O)CCCC(N2CCC(C)(C)C2)C1. The average molecular weight is 282 g/mol. The third-order valence-corrected chi connectivity index (χ3v) is 4.92. The zero-order chi connectivity index (χ0) is 15.0. The molecular weight excluding hydrogens is 252 g/mol. The van der Waals surface area contributed by atoms with Crippen molar-refractivity contribution >= 4 is 5.97 Å². The van der Waals surface area contributed by atoms with Gasteiger partial charge in [-0.25, -0.2) is 0 Å². The number of rotatable bonds is 4. The molecule has 2 fully saturated rings. The Labute approximate surface area is 122 Å². The zero-order valence-electron chi connectivity index (χ0n) is 13.4. The van der Waals surface area contributed by atoms with Crippen LogP contribution in [0.1, 0.15) is 59.8 Å². The fourth-order valence-corrected chi connectivity index (χ4v) is 3.96. The van der Waals surface area contributed by atoms with Gasteiger partial charge >= 0.3 is 5.97 Å². The molecule has 2 rings (SSSR count). The molecule has 0 amide bonds. The zero-order valence-corrected chi connectivity index (χ0v) is 13.4. The number of likely N-dealkylation sites (tertiary alicyclic amines) is 1. The lowest BCUT2D eigenvalue weighted by molar-refractivity contribution is -0.147. The van der Waals surface area contributed by atoms with Gasteiger partial charge in [0.25, 0.3) is 0 Å². The Kier molecular flexibility index (Phi) is 4.45. The summed E-state index contributed by atoms with van der Waals surface area (Å²) in [5, 5.41) is 13.1. The predicted octanol–water partition coefficient (Wildman–Crippen LogP) is 2.48. The maximum atomic E-state index is 11.8. The number of nitrogens with one attached hydrogen (secondary N) is 1. The van der Waals surface area contributed by atoms with Crippen LogP contribution in [-0.4, -0.2) is 46.7 Å². The van der Waals surface area contributed by atoms with Crippen LogP contribution >= 0.6 is 0 Å². The van der Waals surface area contributed by atoms with E-state index < -0.39 is 11.5 Å². The van der Waals surface area contributed by atoms with Crippen molar-refractivity contribution in [2.24, 2.45) is 5.41 Å². The molecule has 2 N–H and O–H groups in total. The molecule has 0 aromatic rings. The minimum Gasteiger partial charge on any atom is -0.480 e. The topological polar surface area (TPSA) is 52.6 Å². The molecule has 1 saturated heterocycles. The van der Waals surface area contributed by atoms with E-state index in [1.165, 1.54) is 6.42 Å². The van der Waals surface area contributed by atoms with Crippen LogP contribution in [0.3, 0.4) is 0 Å². The van der Waals surface area contributed by atoms with Crippen molar-refractivity contribution in [2.45, 2.75) is 77.4 Å². The van der Waals surface area contributed by atoms with Crippen molar-refractivity contribution in [1.29, 1.82) is 0 Å². The van der Waals surface area contributed by atoms with Crippen LogP contribution in [0.25, 0.3) is 0 Å². The van der Waals surface area contributed by atoms with Crippen molar-refractivity contribution in [2.75, 3.05) is 13.1 Å². The molecule has 0 aromatic carbocycles. The molecule has 1 heterocycles. The highest BCUT2D eigenvalue weighted by molar-refractivity contribution is 5.79. The Hall–Kier alpha value is -0.610. The molecule has 4 nitrogen and oxygen atoms in total. The van der Waals surface area contributed by atoms with Crippen molar-refractivity contribution in [1.82, 2.24) is 10.2 Å². The molecule has 1 saturated carbocycles. The molecule has 2 atom stereocenters. The molecule has 1 aliphatic heterocycles. The predicted molar refractivity (Wildman–Crippen MR) is 80.9 cm³/mol. The highest BCUT2D eigenvalue weighted by Crippen LogP contribution is 2.37. The number of carbonyl (C=O) groups is 1. The number of hydrogen-bond acceptors (Lipinski definition) is 3. The Morgan fingerprint density at radius 1 is 1.35 bits per heavy atom. The molecule has 0 bridgehead atoms. The highest BCUT2D eigenvalue weighted by atomic mass is 16.4. The lowest BCUT2D eigenvalue weighted by Gasteiger charge is -2.43. The number of carboxylic acids is 1. The number of nitrogens with zero attached hydrogens (tertiary/aromatic N) is 1. The summed E-state index contributed by atoms with van der Waals surface area (Å²) in [5.41, 5.74) is -0.335. The monoisotopic (exact) mass is 282 g/mol. The molecule has 0 aromatic heterocycles. The van der Waals surface area contributed by atoms with E-state index in [1.807, 2.05) is 13.8 Å². The summed E-state index contributed by atoms with van der Waals surface area (Å²) in [4.78, 5) is 14.3. The van der Waals surface area contributed by atoms with Crippen LogP contribution in [0, 0.1) is 5.41 Å². The summed E-state index contributed by atoms with van der Waals surface area (Å²) in [6.07, 6.45) is 4.88. The molecule has 2 unspecified atom stereocenters. The number of aliphatic carboxylic acids is 1. The van der Waals surface area contributed by atoms with Gasteiger partial charge in [-0.05, 0) is 57.9 Å². The van der Waals surface area contributed by atoms with Crippen LogP contribution in [0.2, 0.25) is 0 Å². The van der Waals surface area contributed by atoms with E-state index in [-0.39, 0.29) is 6.04 Å². The first-order valence-corrected chi connectivity index (χ1v) is 7.99. The Bertz CT molecular complexity index is 367. The summed E-state index contributed by atoms with van der Waals surface area (Å²) in [7, 11) is 0. The van der Waals surface area contributed by atoms with Gasteiger partial charge in [0, 0.05) is 18.6 Å². The first-order valence-electron chi connectivity index (χ1n) is 7.99. The van der Waals surface area contributed by atoms with E-state index in [1.54, 1.807) is 0 Å². The maximum absolute atomic E-state index is 11.8. The average Bonchev–Trinajstić information content (AvgIpc) is 2.69. The van der Waals surface area contributed by atoms with Crippen molar-refractivity contribution in [3.05, 3.63) is 0 Å². The van der Waals surface area contributed by atoms with Gasteiger partial charge in [0.15, 0.2) is 0 Å². The highest BCUT2D eigenvalue weighted by Gasteiger charge is 2.46. The van der Waals surface area contributed by atoms with E-state index >= 15 is 0 Å². The van der Waals surface area contributed by atoms with Gasteiger partial charge in [0.1, 0.15) is 5.54 Å². The first kappa shape index (κ1) is 15.8. The van der Waals surface area contributed by atoms with Gasteiger partial charge < -0.3 is 5.11 Å². The second kappa shape index (κ2) is 5.64. The van der Waals surface area contributed by atoms with Crippen LogP contribution in [0.5, 0.6) is 0 Å². The van der Waals surface area contributed by atoms with Crippen molar-refractivity contribution in [3.63, 3.8) is 0 Å². The van der Waals surface area contributed by atoms with E-state index in [9.17, 15) is 9.90 Å².